The third kappa shape index (κ3) is 2.01. The first-order valence-corrected chi connectivity index (χ1v) is 6.53. The molecule has 3 nitrogen and oxygen atoms in total. The van der Waals surface area contributed by atoms with Crippen LogP contribution in [-0.4, -0.2) is 19.2 Å². The van der Waals surface area contributed by atoms with E-state index >= 15 is 0 Å². The first kappa shape index (κ1) is 12.6. The molecule has 3 heteroatoms. The van der Waals surface area contributed by atoms with Gasteiger partial charge in [0.1, 0.15) is 0 Å². The third-order valence-electron chi connectivity index (χ3n) is 3.58. The number of ether oxygens (including phenoxy) is 2. The van der Waals surface area contributed by atoms with Gasteiger partial charge in [-0.2, -0.15) is 0 Å². The highest BCUT2D eigenvalue weighted by atomic mass is 16.5. The van der Waals surface area contributed by atoms with Crippen molar-refractivity contribution in [2.75, 3.05) is 14.2 Å². The van der Waals surface area contributed by atoms with Crippen LogP contribution in [0.5, 0.6) is 11.5 Å². The normalized spacial score (nSPS) is 10.8. The average molecular weight is 267 g/mol. The Balaban J connectivity index is 2.13. The Morgan fingerprint density at radius 3 is 2.40 bits per heavy atom. The molecule has 0 aliphatic heterocycles. The molecule has 20 heavy (non-hydrogen) atoms. The van der Waals surface area contributed by atoms with Gasteiger partial charge < -0.3 is 14.5 Å². The van der Waals surface area contributed by atoms with E-state index in [1.807, 2.05) is 18.2 Å². The number of methoxy groups -OCH3 is 2. The van der Waals surface area contributed by atoms with Crippen LogP contribution in [0, 0.1) is 6.92 Å². The lowest BCUT2D eigenvalue weighted by molar-refractivity contribution is 0.355. The topological polar surface area (TPSA) is 34.2 Å². The molecule has 3 aromatic rings. The Bertz CT molecular complexity index is 759. The van der Waals surface area contributed by atoms with Crippen molar-refractivity contribution in [1.82, 2.24) is 4.98 Å². The Labute approximate surface area is 118 Å². The van der Waals surface area contributed by atoms with Crippen molar-refractivity contribution in [3.63, 3.8) is 0 Å². The number of benzene rings is 2. The first-order valence-electron chi connectivity index (χ1n) is 6.53. The molecule has 1 aromatic heterocycles. The second-order valence-electron chi connectivity index (χ2n) is 4.79. The van der Waals surface area contributed by atoms with E-state index < -0.39 is 0 Å². The maximum absolute atomic E-state index is 5.36. The third-order valence-corrected chi connectivity index (χ3v) is 3.58. The van der Waals surface area contributed by atoms with E-state index in [1.54, 1.807) is 14.2 Å². The lowest BCUT2D eigenvalue weighted by Crippen LogP contribution is -1.90. The molecular weight excluding hydrogens is 250 g/mol. The number of hydrogen-bond donors (Lipinski definition) is 1. The van der Waals surface area contributed by atoms with E-state index in [0.717, 1.165) is 28.3 Å². The van der Waals surface area contributed by atoms with Gasteiger partial charge in [-0.05, 0) is 42.8 Å². The SMILES string of the molecule is COc1ccc(-c2cc3c(C)cccc3[nH]2)cc1OC. The van der Waals surface area contributed by atoms with Crippen molar-refractivity contribution in [1.29, 1.82) is 0 Å². The largest absolute Gasteiger partial charge is 0.493 e. The van der Waals surface area contributed by atoms with E-state index in [4.69, 9.17) is 9.47 Å². The molecule has 0 spiro atoms. The highest BCUT2D eigenvalue weighted by Gasteiger charge is 2.09. The molecule has 0 unspecified atom stereocenters. The number of aromatic amines is 1. The fourth-order valence-corrected chi connectivity index (χ4v) is 2.47. The summed E-state index contributed by atoms with van der Waals surface area (Å²) in [6.45, 7) is 2.12. The Hall–Kier alpha value is -2.42. The summed E-state index contributed by atoms with van der Waals surface area (Å²) in [4.78, 5) is 3.45. The second kappa shape index (κ2) is 4.93. The molecule has 2 aromatic carbocycles. The lowest BCUT2D eigenvalue weighted by Gasteiger charge is -2.08. The molecule has 0 bridgehead atoms. The van der Waals surface area contributed by atoms with Crippen LogP contribution in [0.25, 0.3) is 22.2 Å². The van der Waals surface area contributed by atoms with Gasteiger partial charge in [0.2, 0.25) is 0 Å². The summed E-state index contributed by atoms with van der Waals surface area (Å²) in [7, 11) is 3.29. The summed E-state index contributed by atoms with van der Waals surface area (Å²) >= 11 is 0. The van der Waals surface area contributed by atoms with Crippen LogP contribution < -0.4 is 9.47 Å². The highest BCUT2D eigenvalue weighted by Crippen LogP contribution is 2.33. The second-order valence-corrected chi connectivity index (χ2v) is 4.79. The van der Waals surface area contributed by atoms with Crippen molar-refractivity contribution in [2.45, 2.75) is 6.92 Å². The Morgan fingerprint density at radius 1 is 0.900 bits per heavy atom. The first-order chi connectivity index (χ1) is 9.72. The number of nitrogens with one attached hydrogen (secondary N) is 1. The van der Waals surface area contributed by atoms with E-state index in [9.17, 15) is 0 Å². The molecule has 0 amide bonds. The van der Waals surface area contributed by atoms with E-state index in [-0.39, 0.29) is 0 Å². The van der Waals surface area contributed by atoms with Crippen molar-refractivity contribution in [3.05, 3.63) is 48.0 Å². The van der Waals surface area contributed by atoms with Crippen LogP contribution in [-0.2, 0) is 0 Å². The molecule has 0 fully saturated rings. The van der Waals surface area contributed by atoms with Crippen molar-refractivity contribution >= 4 is 10.9 Å². The fraction of sp³-hybridized carbons (Fsp3) is 0.176. The number of aromatic nitrogens is 1. The predicted octanol–water partition coefficient (Wildman–Crippen LogP) is 4.16. The van der Waals surface area contributed by atoms with Crippen LogP contribution >= 0.6 is 0 Å². The van der Waals surface area contributed by atoms with Gasteiger partial charge in [-0.15, -0.1) is 0 Å². The molecule has 0 aliphatic carbocycles. The highest BCUT2D eigenvalue weighted by molar-refractivity contribution is 5.88. The van der Waals surface area contributed by atoms with E-state index in [0.29, 0.717) is 0 Å². The van der Waals surface area contributed by atoms with Gasteiger partial charge in [-0.25, -0.2) is 0 Å². The van der Waals surface area contributed by atoms with Gasteiger partial charge >= 0.3 is 0 Å². The van der Waals surface area contributed by atoms with Crippen molar-refractivity contribution < 1.29 is 9.47 Å². The smallest absolute Gasteiger partial charge is 0.161 e. The summed E-state index contributed by atoms with van der Waals surface area (Å²) in [6, 6.07) is 14.4. The molecule has 1 heterocycles. The average Bonchev–Trinajstić information content (AvgIpc) is 2.92. The molecule has 0 saturated carbocycles. The molecular formula is C17H17NO2. The van der Waals surface area contributed by atoms with Gasteiger partial charge in [0.25, 0.3) is 0 Å². The summed E-state index contributed by atoms with van der Waals surface area (Å²) in [5.74, 6) is 1.48. The van der Waals surface area contributed by atoms with Crippen LogP contribution in [0.3, 0.4) is 0 Å². The van der Waals surface area contributed by atoms with Gasteiger partial charge in [0.15, 0.2) is 11.5 Å². The molecule has 3 rings (SSSR count). The summed E-state index contributed by atoms with van der Waals surface area (Å²) in [5, 5.41) is 1.25. The molecule has 102 valence electrons. The monoisotopic (exact) mass is 267 g/mol. The maximum atomic E-state index is 5.36. The van der Waals surface area contributed by atoms with E-state index in [1.165, 1.54) is 10.9 Å². The van der Waals surface area contributed by atoms with Gasteiger partial charge in [0, 0.05) is 22.2 Å². The summed E-state index contributed by atoms with van der Waals surface area (Å²) < 4.78 is 10.6. The fourth-order valence-electron chi connectivity index (χ4n) is 2.47. The number of rotatable bonds is 3. The predicted molar refractivity (Wildman–Crippen MR) is 81.6 cm³/mol. The summed E-state index contributed by atoms with van der Waals surface area (Å²) in [5.41, 5.74) is 4.58. The van der Waals surface area contributed by atoms with Gasteiger partial charge in [-0.3, -0.25) is 0 Å². The zero-order chi connectivity index (χ0) is 14.1. The van der Waals surface area contributed by atoms with E-state index in [2.05, 4.69) is 36.2 Å². The molecule has 0 aliphatic rings. The van der Waals surface area contributed by atoms with Crippen LogP contribution in [0.2, 0.25) is 0 Å². The Kier molecular flexibility index (Phi) is 3.11. The number of H-pyrrole nitrogens is 1. The minimum atomic E-state index is 0.736. The van der Waals surface area contributed by atoms with Gasteiger partial charge in [0.05, 0.1) is 14.2 Å². The molecule has 0 radical (unpaired) electrons. The lowest BCUT2D eigenvalue weighted by atomic mass is 10.1. The Morgan fingerprint density at radius 2 is 1.70 bits per heavy atom. The van der Waals surface area contributed by atoms with Crippen LogP contribution in [0.4, 0.5) is 0 Å². The standard InChI is InChI=1S/C17H17NO2/c1-11-5-4-6-14-13(11)10-15(18-14)12-7-8-16(19-2)17(9-12)20-3/h4-10,18H,1-3H3. The quantitative estimate of drug-likeness (QED) is 0.773. The van der Waals surface area contributed by atoms with Crippen LogP contribution in [0.1, 0.15) is 5.56 Å². The minimum absolute atomic E-state index is 0.736. The van der Waals surface area contributed by atoms with Crippen LogP contribution in [0.15, 0.2) is 42.5 Å². The summed E-state index contributed by atoms with van der Waals surface area (Å²) in [6.07, 6.45) is 0. The zero-order valence-electron chi connectivity index (χ0n) is 11.9. The van der Waals surface area contributed by atoms with Crippen molar-refractivity contribution in [2.24, 2.45) is 0 Å². The van der Waals surface area contributed by atoms with Gasteiger partial charge in [-0.1, -0.05) is 12.1 Å². The van der Waals surface area contributed by atoms with Crippen molar-refractivity contribution in [3.8, 4) is 22.8 Å². The molecule has 1 N–H and O–H groups in total. The molecule has 0 saturated heterocycles. The number of hydrogen-bond acceptors (Lipinski definition) is 2. The maximum Gasteiger partial charge on any atom is 0.161 e. The zero-order valence-corrected chi connectivity index (χ0v) is 11.9. The number of aryl methyl sites for hydroxylation is 1. The molecule has 0 atom stereocenters. The number of fused-ring (bicyclic) bond motifs is 1. The minimum Gasteiger partial charge on any atom is -0.493 e.